The van der Waals surface area contributed by atoms with E-state index < -0.39 is 17.7 Å². The predicted molar refractivity (Wildman–Crippen MR) is 118 cm³/mol. The first-order chi connectivity index (χ1) is 14.9. The molecule has 2 N–H and O–H groups in total. The van der Waals surface area contributed by atoms with Crippen molar-refractivity contribution >= 4 is 34.4 Å². The van der Waals surface area contributed by atoms with E-state index in [1.807, 2.05) is 29.0 Å². The number of nitrogens with one attached hydrogen (secondary N) is 1. The maximum atomic E-state index is 14.8. The number of benzene rings is 2. The van der Waals surface area contributed by atoms with E-state index in [2.05, 4.69) is 5.32 Å². The Morgan fingerprint density at radius 3 is 2.45 bits per heavy atom. The number of amides is 1. The van der Waals surface area contributed by atoms with Crippen molar-refractivity contribution in [3.05, 3.63) is 70.6 Å². The zero-order valence-electron chi connectivity index (χ0n) is 17.0. The summed E-state index contributed by atoms with van der Waals surface area (Å²) >= 11 is 5.96. The first-order valence-corrected chi connectivity index (χ1v) is 10.8. The van der Waals surface area contributed by atoms with Crippen LogP contribution in [0.4, 0.5) is 4.39 Å². The summed E-state index contributed by atoms with van der Waals surface area (Å²) in [5, 5.41) is 13.4. The molecule has 1 saturated carbocycles. The number of rotatable bonds is 6. The van der Waals surface area contributed by atoms with Crippen LogP contribution in [0, 0.1) is 17.7 Å². The fourth-order valence-corrected chi connectivity index (χ4v) is 4.47. The molecule has 0 bridgehead atoms. The van der Waals surface area contributed by atoms with Gasteiger partial charge < -0.3 is 15.0 Å². The third kappa shape index (κ3) is 4.74. The van der Waals surface area contributed by atoms with Crippen LogP contribution in [0.3, 0.4) is 0 Å². The van der Waals surface area contributed by atoms with Crippen LogP contribution in [0.1, 0.15) is 41.6 Å². The molecule has 3 aromatic rings. The lowest BCUT2D eigenvalue weighted by atomic mass is 9.82. The van der Waals surface area contributed by atoms with Crippen LogP contribution in [0.25, 0.3) is 10.9 Å². The molecule has 0 unspecified atom stereocenters. The number of carbonyl (C=O) groups is 2. The molecule has 5 nitrogen and oxygen atoms in total. The van der Waals surface area contributed by atoms with Crippen LogP contribution in [0.5, 0.6) is 0 Å². The molecule has 1 fully saturated rings. The summed E-state index contributed by atoms with van der Waals surface area (Å²) in [7, 11) is 0. The zero-order chi connectivity index (χ0) is 22.0. The predicted octanol–water partition coefficient (Wildman–Crippen LogP) is 5.10. The largest absolute Gasteiger partial charge is 0.481 e. The molecule has 0 aliphatic heterocycles. The fourth-order valence-electron chi connectivity index (χ4n) is 4.34. The summed E-state index contributed by atoms with van der Waals surface area (Å²) in [4.78, 5) is 24.1. The molecule has 1 aromatic heterocycles. The molecule has 0 saturated heterocycles. The molecule has 0 radical (unpaired) electrons. The molecule has 1 heterocycles. The van der Waals surface area contributed by atoms with Gasteiger partial charge in [0.15, 0.2) is 0 Å². The van der Waals surface area contributed by atoms with Gasteiger partial charge in [-0.2, -0.15) is 0 Å². The van der Waals surface area contributed by atoms with Crippen LogP contribution in [-0.2, 0) is 11.3 Å². The highest BCUT2D eigenvalue weighted by molar-refractivity contribution is 6.30. The summed E-state index contributed by atoms with van der Waals surface area (Å²) in [5.74, 6) is -1.84. The molecular weight excluding hydrogens is 419 g/mol. The standard InChI is InChI=1S/C24H24ClFN2O3/c25-19-8-3-16(4-9-19)14-28-12-11-17-7-10-20(26)21(22(17)28)23(29)27-13-15-1-5-18(6-2-15)24(30)31/h3-4,7-12,15,18H,1-2,5-6,13-14H2,(H,27,29)(H,30,31). The van der Waals surface area contributed by atoms with Gasteiger partial charge in [-0.05, 0) is 67.5 Å². The molecule has 31 heavy (non-hydrogen) atoms. The lowest BCUT2D eigenvalue weighted by Gasteiger charge is -2.26. The first-order valence-electron chi connectivity index (χ1n) is 10.4. The van der Waals surface area contributed by atoms with E-state index >= 15 is 0 Å². The van der Waals surface area contributed by atoms with Crippen LogP contribution in [-0.4, -0.2) is 28.1 Å². The van der Waals surface area contributed by atoms with E-state index in [1.54, 1.807) is 18.2 Å². The molecular formula is C24H24ClFN2O3. The van der Waals surface area contributed by atoms with Gasteiger partial charge in [0.2, 0.25) is 0 Å². The number of halogens is 2. The molecule has 7 heteroatoms. The molecule has 1 amide bonds. The Morgan fingerprint density at radius 1 is 1.06 bits per heavy atom. The van der Waals surface area contributed by atoms with E-state index in [9.17, 15) is 14.0 Å². The first kappa shape index (κ1) is 21.4. The molecule has 2 aromatic carbocycles. The van der Waals surface area contributed by atoms with Crippen molar-refractivity contribution in [3.8, 4) is 0 Å². The molecule has 162 valence electrons. The minimum absolute atomic E-state index is 0.0377. The van der Waals surface area contributed by atoms with Gasteiger partial charge in [0.25, 0.3) is 5.91 Å². The van der Waals surface area contributed by atoms with Crippen LogP contribution in [0.15, 0.2) is 48.7 Å². The Balaban J connectivity index is 1.52. The number of carbonyl (C=O) groups excluding carboxylic acids is 1. The lowest BCUT2D eigenvalue weighted by Crippen LogP contribution is -2.33. The third-order valence-corrected chi connectivity index (χ3v) is 6.37. The highest BCUT2D eigenvalue weighted by Gasteiger charge is 2.27. The van der Waals surface area contributed by atoms with Crippen molar-refractivity contribution in [1.29, 1.82) is 0 Å². The quantitative estimate of drug-likeness (QED) is 0.557. The van der Waals surface area contributed by atoms with Gasteiger partial charge >= 0.3 is 5.97 Å². The Labute approximate surface area is 184 Å². The Kier molecular flexibility index (Phi) is 6.28. The average molecular weight is 443 g/mol. The van der Waals surface area contributed by atoms with Crippen LogP contribution >= 0.6 is 11.6 Å². The number of carboxylic acid groups (broad SMARTS) is 1. The van der Waals surface area contributed by atoms with Crippen molar-refractivity contribution < 1.29 is 19.1 Å². The normalized spacial score (nSPS) is 18.8. The molecule has 0 atom stereocenters. The molecule has 1 aliphatic carbocycles. The number of aromatic nitrogens is 1. The van der Waals surface area contributed by atoms with Crippen LogP contribution < -0.4 is 5.32 Å². The third-order valence-electron chi connectivity index (χ3n) is 6.12. The van der Waals surface area contributed by atoms with Crippen molar-refractivity contribution in [2.75, 3.05) is 6.54 Å². The zero-order valence-corrected chi connectivity index (χ0v) is 17.7. The number of aliphatic carboxylic acids is 1. The fraction of sp³-hybridized carbons (Fsp3) is 0.333. The number of fused-ring (bicyclic) bond motifs is 1. The van der Waals surface area contributed by atoms with E-state index in [-0.39, 0.29) is 17.4 Å². The average Bonchev–Trinajstić information content (AvgIpc) is 3.16. The number of hydrogen-bond acceptors (Lipinski definition) is 2. The maximum absolute atomic E-state index is 14.8. The van der Waals surface area contributed by atoms with Gasteiger partial charge in [-0.3, -0.25) is 9.59 Å². The number of nitrogens with zero attached hydrogens (tertiary/aromatic N) is 1. The summed E-state index contributed by atoms with van der Waals surface area (Å²) in [6, 6.07) is 12.3. The second-order valence-electron chi connectivity index (χ2n) is 8.20. The van der Waals surface area contributed by atoms with Gasteiger partial charge in [-0.15, -0.1) is 0 Å². The molecule has 4 rings (SSSR count). The minimum Gasteiger partial charge on any atom is -0.481 e. The van der Waals surface area contributed by atoms with Gasteiger partial charge in [0, 0.05) is 29.7 Å². The molecule has 0 spiro atoms. The highest BCUT2D eigenvalue weighted by Crippen LogP contribution is 2.29. The SMILES string of the molecule is O=C(NCC1CCC(C(=O)O)CC1)c1c(F)ccc2ccn(Cc3ccc(Cl)cc3)c12. The van der Waals surface area contributed by atoms with Gasteiger partial charge in [-0.1, -0.05) is 23.7 Å². The summed E-state index contributed by atoms with van der Waals surface area (Å²) < 4.78 is 16.6. The Bertz CT molecular complexity index is 1100. The second kappa shape index (κ2) is 9.10. The van der Waals surface area contributed by atoms with E-state index in [1.165, 1.54) is 6.07 Å². The van der Waals surface area contributed by atoms with Crippen LogP contribution in [0.2, 0.25) is 5.02 Å². The monoisotopic (exact) mass is 442 g/mol. The van der Waals surface area contributed by atoms with Crippen molar-refractivity contribution in [3.63, 3.8) is 0 Å². The number of hydrogen-bond donors (Lipinski definition) is 2. The van der Waals surface area contributed by atoms with Gasteiger partial charge in [0.1, 0.15) is 5.82 Å². The Hall–Kier alpha value is -2.86. The summed E-state index contributed by atoms with van der Waals surface area (Å²) in [5.41, 5.74) is 1.59. The summed E-state index contributed by atoms with van der Waals surface area (Å²) in [6.07, 6.45) is 4.57. The molecule has 1 aliphatic rings. The smallest absolute Gasteiger partial charge is 0.306 e. The van der Waals surface area contributed by atoms with Crippen molar-refractivity contribution in [2.24, 2.45) is 11.8 Å². The summed E-state index contributed by atoms with van der Waals surface area (Å²) in [6.45, 7) is 0.905. The van der Waals surface area contributed by atoms with E-state index in [0.29, 0.717) is 36.5 Å². The highest BCUT2D eigenvalue weighted by atomic mass is 35.5. The number of carboxylic acids is 1. The lowest BCUT2D eigenvalue weighted by molar-refractivity contribution is -0.143. The Morgan fingerprint density at radius 2 is 1.77 bits per heavy atom. The van der Waals surface area contributed by atoms with Crippen molar-refractivity contribution in [2.45, 2.75) is 32.2 Å². The maximum Gasteiger partial charge on any atom is 0.306 e. The van der Waals surface area contributed by atoms with E-state index in [4.69, 9.17) is 16.7 Å². The van der Waals surface area contributed by atoms with Crippen molar-refractivity contribution in [1.82, 2.24) is 9.88 Å². The van der Waals surface area contributed by atoms with Gasteiger partial charge in [0.05, 0.1) is 17.0 Å². The minimum atomic E-state index is -0.752. The topological polar surface area (TPSA) is 71.3 Å². The van der Waals surface area contributed by atoms with Gasteiger partial charge in [-0.25, -0.2) is 4.39 Å². The second-order valence-corrected chi connectivity index (χ2v) is 8.63. The van der Waals surface area contributed by atoms with E-state index in [0.717, 1.165) is 23.8 Å².